The summed E-state index contributed by atoms with van der Waals surface area (Å²) < 4.78 is 20.6. The molecule has 2 aliphatic rings. The van der Waals surface area contributed by atoms with Gasteiger partial charge in [0.2, 0.25) is 0 Å². The molecule has 0 radical (unpaired) electrons. The number of nitrogens with zero attached hydrogens (tertiary/aromatic N) is 1. The molecule has 0 aliphatic carbocycles. The van der Waals surface area contributed by atoms with Gasteiger partial charge in [-0.2, -0.15) is 0 Å². The van der Waals surface area contributed by atoms with Crippen molar-refractivity contribution in [3.8, 4) is 0 Å². The van der Waals surface area contributed by atoms with E-state index in [2.05, 4.69) is 51.8 Å². The van der Waals surface area contributed by atoms with Crippen molar-refractivity contribution < 1.29 is 9.13 Å². The van der Waals surface area contributed by atoms with Gasteiger partial charge in [0.1, 0.15) is 6.17 Å². The first-order valence-corrected chi connectivity index (χ1v) is 8.42. The lowest BCUT2D eigenvalue weighted by Gasteiger charge is -2.50. The van der Waals surface area contributed by atoms with Crippen LogP contribution in [0, 0.1) is 0 Å². The van der Waals surface area contributed by atoms with E-state index in [4.69, 9.17) is 4.74 Å². The van der Waals surface area contributed by atoms with Gasteiger partial charge in [-0.25, -0.2) is 4.39 Å². The van der Waals surface area contributed by atoms with Crippen LogP contribution in [-0.2, 0) is 4.74 Å². The van der Waals surface area contributed by atoms with E-state index in [-0.39, 0.29) is 17.2 Å². The third-order valence-electron chi connectivity index (χ3n) is 4.64. The van der Waals surface area contributed by atoms with Crippen LogP contribution in [0.1, 0.15) is 60.8 Å². The second-order valence-corrected chi connectivity index (χ2v) is 8.41. The zero-order valence-electron chi connectivity index (χ0n) is 14.6. The first-order chi connectivity index (χ1) is 9.58. The average molecular weight is 300 g/mol. The van der Waals surface area contributed by atoms with E-state index in [9.17, 15) is 4.39 Å². The van der Waals surface area contributed by atoms with Gasteiger partial charge in [-0.1, -0.05) is 13.8 Å². The number of ether oxygens (including phenoxy) is 1. The summed E-state index contributed by atoms with van der Waals surface area (Å²) in [5.74, 6) is 0. The highest BCUT2D eigenvalue weighted by Gasteiger charge is 2.43. The molecule has 2 fully saturated rings. The predicted octanol–water partition coefficient (Wildman–Crippen LogP) is 3.13. The Labute approximate surface area is 129 Å². The first kappa shape index (κ1) is 17.2. The summed E-state index contributed by atoms with van der Waals surface area (Å²) >= 11 is 0. The van der Waals surface area contributed by atoms with Crippen LogP contribution in [0.5, 0.6) is 0 Å². The molecular formula is C17H33FN2O. The van der Waals surface area contributed by atoms with Crippen molar-refractivity contribution >= 4 is 0 Å². The first-order valence-electron chi connectivity index (χ1n) is 8.42. The molecule has 1 N–H and O–H groups in total. The highest BCUT2D eigenvalue weighted by Crippen LogP contribution is 2.38. The van der Waals surface area contributed by atoms with E-state index in [1.165, 1.54) is 0 Å². The average Bonchev–Trinajstić information content (AvgIpc) is 2.27. The van der Waals surface area contributed by atoms with Crippen LogP contribution >= 0.6 is 0 Å². The third kappa shape index (κ3) is 4.64. The Morgan fingerprint density at radius 3 is 2.19 bits per heavy atom. The highest BCUT2D eigenvalue weighted by atomic mass is 19.1. The van der Waals surface area contributed by atoms with Crippen LogP contribution in [0.4, 0.5) is 4.39 Å². The largest absolute Gasteiger partial charge is 0.370 e. The number of hydrogen-bond donors (Lipinski definition) is 1. The smallest absolute Gasteiger partial charge is 0.128 e. The summed E-state index contributed by atoms with van der Waals surface area (Å²) in [5, 5.41) is 3.36. The van der Waals surface area contributed by atoms with Gasteiger partial charge in [-0.05, 0) is 47.0 Å². The van der Waals surface area contributed by atoms with Crippen LogP contribution in [0.15, 0.2) is 0 Å². The molecule has 3 nitrogen and oxygen atoms in total. The molecule has 21 heavy (non-hydrogen) atoms. The van der Waals surface area contributed by atoms with Crippen molar-refractivity contribution in [2.24, 2.45) is 0 Å². The van der Waals surface area contributed by atoms with E-state index in [1.807, 2.05) is 0 Å². The fourth-order valence-corrected chi connectivity index (χ4v) is 4.17. The van der Waals surface area contributed by atoms with Gasteiger partial charge in [0, 0.05) is 31.2 Å². The van der Waals surface area contributed by atoms with Gasteiger partial charge in [-0.3, -0.25) is 4.90 Å². The normalized spacial score (nSPS) is 34.3. The molecule has 0 bridgehead atoms. The number of alkyl halides is 1. The molecule has 2 atom stereocenters. The maximum atomic E-state index is 14.5. The van der Waals surface area contributed by atoms with Crippen molar-refractivity contribution in [2.45, 2.75) is 96.3 Å². The molecule has 0 aromatic carbocycles. The summed E-state index contributed by atoms with van der Waals surface area (Å²) in [6.45, 7) is 14.3. The number of rotatable bonds is 3. The number of nitrogens with one attached hydrogen (secondary N) is 1. The second kappa shape index (κ2) is 6.13. The molecule has 124 valence electrons. The molecule has 2 saturated heterocycles. The van der Waals surface area contributed by atoms with Gasteiger partial charge >= 0.3 is 0 Å². The minimum Gasteiger partial charge on any atom is -0.370 e. The van der Waals surface area contributed by atoms with Gasteiger partial charge in [0.15, 0.2) is 0 Å². The summed E-state index contributed by atoms with van der Waals surface area (Å²) in [7, 11) is 0. The van der Waals surface area contributed by atoms with E-state index < -0.39 is 6.17 Å². The Hall–Kier alpha value is -0.190. The Kier molecular flexibility index (Phi) is 5.01. The molecule has 0 spiro atoms. The van der Waals surface area contributed by atoms with Gasteiger partial charge in [0.25, 0.3) is 0 Å². The van der Waals surface area contributed by atoms with Crippen LogP contribution in [0.25, 0.3) is 0 Å². The molecule has 0 saturated carbocycles. The molecule has 0 amide bonds. The van der Waals surface area contributed by atoms with Crippen molar-refractivity contribution in [2.75, 3.05) is 13.1 Å². The molecule has 0 aromatic rings. The maximum absolute atomic E-state index is 14.5. The van der Waals surface area contributed by atoms with Crippen LogP contribution < -0.4 is 5.32 Å². The molecule has 4 heteroatoms. The predicted molar refractivity (Wildman–Crippen MR) is 85.4 cm³/mol. The Morgan fingerprint density at radius 1 is 1.14 bits per heavy atom. The SMILES string of the molecule is CC(C)N[C@H]1CCN(C2CC(C)(C)OC(C)(C)C2)C[C@H]1F. The van der Waals surface area contributed by atoms with Gasteiger partial charge in [-0.15, -0.1) is 0 Å². The van der Waals surface area contributed by atoms with Crippen molar-refractivity contribution in [1.82, 2.24) is 10.2 Å². The van der Waals surface area contributed by atoms with Crippen LogP contribution in [0.2, 0.25) is 0 Å². The number of halogens is 1. The quantitative estimate of drug-likeness (QED) is 0.866. The minimum atomic E-state index is -0.768. The molecule has 2 aliphatic heterocycles. The second-order valence-electron chi connectivity index (χ2n) is 8.41. The standard InChI is InChI=1S/C17H33FN2O/c1-12(2)19-15-7-8-20(11-14(15)18)13-9-16(3,4)21-17(5,6)10-13/h12-15,19H,7-11H2,1-6H3/t14-,15+/m1/s1. The third-order valence-corrected chi connectivity index (χ3v) is 4.64. The Morgan fingerprint density at radius 2 is 1.71 bits per heavy atom. The van der Waals surface area contributed by atoms with E-state index in [0.717, 1.165) is 25.8 Å². The summed E-state index contributed by atoms with van der Waals surface area (Å²) in [4.78, 5) is 2.36. The van der Waals surface area contributed by atoms with Gasteiger partial charge in [0.05, 0.1) is 11.2 Å². The molecule has 2 heterocycles. The summed E-state index contributed by atoms with van der Waals surface area (Å²) in [5.41, 5.74) is -0.240. The fraction of sp³-hybridized carbons (Fsp3) is 1.00. The molecular weight excluding hydrogens is 267 g/mol. The van der Waals surface area contributed by atoms with E-state index >= 15 is 0 Å². The number of likely N-dealkylation sites (tertiary alicyclic amines) is 1. The summed E-state index contributed by atoms with van der Waals surface area (Å²) in [6.07, 6.45) is 2.12. The molecule has 0 aromatic heterocycles. The van der Waals surface area contributed by atoms with Crippen LogP contribution in [0.3, 0.4) is 0 Å². The van der Waals surface area contributed by atoms with Crippen molar-refractivity contribution in [3.63, 3.8) is 0 Å². The summed E-state index contributed by atoms with van der Waals surface area (Å²) in [6, 6.07) is 0.796. The number of piperidine rings is 1. The van der Waals surface area contributed by atoms with Crippen LogP contribution in [-0.4, -0.2) is 53.5 Å². The number of hydrogen-bond acceptors (Lipinski definition) is 3. The zero-order chi connectivity index (χ0) is 15.8. The van der Waals surface area contributed by atoms with E-state index in [0.29, 0.717) is 18.6 Å². The monoisotopic (exact) mass is 300 g/mol. The topological polar surface area (TPSA) is 24.5 Å². The minimum absolute atomic E-state index is 0.0158. The van der Waals surface area contributed by atoms with Gasteiger partial charge < -0.3 is 10.1 Å². The van der Waals surface area contributed by atoms with Crippen molar-refractivity contribution in [1.29, 1.82) is 0 Å². The lowest BCUT2D eigenvalue weighted by molar-refractivity contribution is -0.179. The lowest BCUT2D eigenvalue weighted by Crippen LogP contribution is -2.59. The lowest BCUT2D eigenvalue weighted by atomic mass is 9.83. The Bertz CT molecular complexity index is 341. The fourth-order valence-electron chi connectivity index (χ4n) is 4.17. The van der Waals surface area contributed by atoms with E-state index in [1.54, 1.807) is 0 Å². The maximum Gasteiger partial charge on any atom is 0.128 e. The Balaban J connectivity index is 1.97. The highest BCUT2D eigenvalue weighted by molar-refractivity contribution is 4.96. The molecule has 0 unspecified atom stereocenters. The van der Waals surface area contributed by atoms with Crippen molar-refractivity contribution in [3.05, 3.63) is 0 Å². The zero-order valence-corrected chi connectivity index (χ0v) is 14.6. The molecule has 2 rings (SSSR count).